The first-order valence-electron chi connectivity index (χ1n) is 8.11. The topological polar surface area (TPSA) is 50.7 Å². The van der Waals surface area contributed by atoms with Crippen LogP contribution in [0.3, 0.4) is 0 Å². The minimum Gasteiger partial charge on any atom is -0.490 e. The molecule has 116 valence electrons. The molecule has 0 spiro atoms. The predicted molar refractivity (Wildman–Crippen MR) is 83.2 cm³/mol. The van der Waals surface area contributed by atoms with E-state index in [2.05, 4.69) is 5.32 Å². The van der Waals surface area contributed by atoms with Crippen LogP contribution in [0.15, 0.2) is 18.2 Å². The van der Waals surface area contributed by atoms with Crippen molar-refractivity contribution in [3.63, 3.8) is 0 Å². The third kappa shape index (κ3) is 3.82. The lowest BCUT2D eigenvalue weighted by atomic mass is 9.94. The van der Waals surface area contributed by atoms with Gasteiger partial charge in [-0.15, -0.1) is 0 Å². The number of hydrogen-bond acceptors (Lipinski definition) is 4. The van der Waals surface area contributed by atoms with Gasteiger partial charge in [0.15, 0.2) is 11.5 Å². The van der Waals surface area contributed by atoms with Gasteiger partial charge in [0, 0.05) is 24.7 Å². The van der Waals surface area contributed by atoms with E-state index in [-0.39, 0.29) is 0 Å². The van der Waals surface area contributed by atoms with Crippen LogP contribution in [0.5, 0.6) is 11.5 Å². The molecule has 2 N–H and O–H groups in total. The van der Waals surface area contributed by atoms with Crippen molar-refractivity contribution in [3.05, 3.63) is 18.2 Å². The standard InChI is InChI=1S/C17H25NO3/c19-17(8-3-1-2-4-9-17)13-18-14-6-7-15-16(12-14)21-11-5-10-20-15/h6-7,12,18-19H,1-5,8-11,13H2. The van der Waals surface area contributed by atoms with E-state index in [1.165, 1.54) is 12.8 Å². The molecule has 0 amide bonds. The third-order valence-electron chi connectivity index (χ3n) is 4.40. The normalized spacial score (nSPS) is 21.2. The number of ether oxygens (including phenoxy) is 2. The van der Waals surface area contributed by atoms with Crippen LogP contribution in [0, 0.1) is 0 Å². The molecule has 1 aliphatic heterocycles. The summed E-state index contributed by atoms with van der Waals surface area (Å²) in [6.45, 7) is 2.01. The summed E-state index contributed by atoms with van der Waals surface area (Å²) in [5.41, 5.74) is 0.414. The number of anilines is 1. The first-order chi connectivity index (χ1) is 10.3. The first kappa shape index (κ1) is 14.5. The average molecular weight is 291 g/mol. The average Bonchev–Trinajstić information content (AvgIpc) is 2.85. The molecule has 1 aromatic carbocycles. The second kappa shape index (κ2) is 6.56. The molecule has 1 aromatic rings. The van der Waals surface area contributed by atoms with Crippen molar-refractivity contribution in [1.82, 2.24) is 0 Å². The number of aliphatic hydroxyl groups is 1. The van der Waals surface area contributed by atoms with Crippen LogP contribution in [0.25, 0.3) is 0 Å². The van der Waals surface area contributed by atoms with E-state index in [4.69, 9.17) is 9.47 Å². The largest absolute Gasteiger partial charge is 0.490 e. The molecule has 0 aromatic heterocycles. The van der Waals surface area contributed by atoms with Gasteiger partial charge in [0.05, 0.1) is 18.8 Å². The summed E-state index contributed by atoms with van der Waals surface area (Å²) in [7, 11) is 0. The van der Waals surface area contributed by atoms with Gasteiger partial charge in [-0.2, -0.15) is 0 Å². The van der Waals surface area contributed by atoms with E-state index < -0.39 is 5.60 Å². The lowest BCUT2D eigenvalue weighted by Gasteiger charge is -2.27. The predicted octanol–water partition coefficient (Wildman–Crippen LogP) is 3.35. The van der Waals surface area contributed by atoms with Gasteiger partial charge < -0.3 is 19.9 Å². The molecule has 3 rings (SSSR count). The van der Waals surface area contributed by atoms with E-state index in [0.29, 0.717) is 19.8 Å². The Hall–Kier alpha value is -1.42. The molecule has 4 heteroatoms. The van der Waals surface area contributed by atoms with Crippen LogP contribution < -0.4 is 14.8 Å². The van der Waals surface area contributed by atoms with Gasteiger partial charge in [-0.25, -0.2) is 0 Å². The quantitative estimate of drug-likeness (QED) is 0.839. The van der Waals surface area contributed by atoms with Gasteiger partial charge in [0.2, 0.25) is 0 Å². The summed E-state index contributed by atoms with van der Waals surface area (Å²) < 4.78 is 11.3. The fourth-order valence-corrected chi connectivity index (χ4v) is 3.10. The van der Waals surface area contributed by atoms with Gasteiger partial charge >= 0.3 is 0 Å². The Morgan fingerprint density at radius 3 is 2.43 bits per heavy atom. The lowest BCUT2D eigenvalue weighted by Crippen LogP contribution is -2.36. The zero-order chi connectivity index (χ0) is 14.5. The smallest absolute Gasteiger partial charge is 0.163 e. The summed E-state index contributed by atoms with van der Waals surface area (Å²) in [6.07, 6.45) is 7.43. The van der Waals surface area contributed by atoms with Crippen molar-refractivity contribution in [2.45, 2.75) is 50.5 Å². The first-order valence-corrected chi connectivity index (χ1v) is 8.11. The minimum atomic E-state index is -0.569. The second-order valence-electron chi connectivity index (χ2n) is 6.20. The number of fused-ring (bicyclic) bond motifs is 1. The summed E-state index contributed by atoms with van der Waals surface area (Å²) in [4.78, 5) is 0. The fourth-order valence-electron chi connectivity index (χ4n) is 3.10. The highest BCUT2D eigenvalue weighted by molar-refractivity contribution is 5.55. The molecule has 1 aliphatic carbocycles. The lowest BCUT2D eigenvalue weighted by molar-refractivity contribution is 0.0381. The molecule has 2 aliphatic rings. The third-order valence-corrected chi connectivity index (χ3v) is 4.40. The Bertz CT molecular complexity index is 467. The molecule has 0 atom stereocenters. The van der Waals surface area contributed by atoms with Crippen LogP contribution in [-0.4, -0.2) is 30.5 Å². The summed E-state index contributed by atoms with van der Waals surface area (Å²) in [5, 5.41) is 14.0. The van der Waals surface area contributed by atoms with Crippen LogP contribution in [-0.2, 0) is 0 Å². The van der Waals surface area contributed by atoms with Gasteiger partial charge in [0.1, 0.15) is 0 Å². The Balaban J connectivity index is 1.63. The monoisotopic (exact) mass is 291 g/mol. The molecule has 1 fully saturated rings. The van der Waals surface area contributed by atoms with Gasteiger partial charge in [-0.05, 0) is 25.0 Å². The Kier molecular flexibility index (Phi) is 4.54. The summed E-state index contributed by atoms with van der Waals surface area (Å²) in [5.74, 6) is 1.61. The van der Waals surface area contributed by atoms with Gasteiger partial charge in [-0.1, -0.05) is 25.7 Å². The van der Waals surface area contributed by atoms with Crippen LogP contribution >= 0.6 is 0 Å². The van der Waals surface area contributed by atoms with E-state index in [0.717, 1.165) is 49.3 Å². The van der Waals surface area contributed by atoms with Crippen LogP contribution in [0.1, 0.15) is 44.9 Å². The van der Waals surface area contributed by atoms with Crippen LogP contribution in [0.4, 0.5) is 5.69 Å². The molecule has 0 unspecified atom stereocenters. The Morgan fingerprint density at radius 1 is 0.952 bits per heavy atom. The van der Waals surface area contributed by atoms with Gasteiger partial charge in [-0.3, -0.25) is 0 Å². The molecule has 0 bridgehead atoms. The molecular weight excluding hydrogens is 266 g/mol. The fraction of sp³-hybridized carbons (Fsp3) is 0.647. The maximum absolute atomic E-state index is 10.7. The summed E-state index contributed by atoms with van der Waals surface area (Å²) in [6, 6.07) is 5.91. The number of hydrogen-bond donors (Lipinski definition) is 2. The molecule has 1 saturated carbocycles. The molecule has 0 saturated heterocycles. The van der Waals surface area contributed by atoms with Crippen molar-refractivity contribution >= 4 is 5.69 Å². The molecule has 21 heavy (non-hydrogen) atoms. The van der Waals surface area contributed by atoms with Crippen molar-refractivity contribution < 1.29 is 14.6 Å². The van der Waals surface area contributed by atoms with Crippen molar-refractivity contribution in [1.29, 1.82) is 0 Å². The number of benzene rings is 1. The van der Waals surface area contributed by atoms with Gasteiger partial charge in [0.25, 0.3) is 0 Å². The SMILES string of the molecule is OC1(CNc2ccc3c(c2)OCCCO3)CCCCCC1. The highest BCUT2D eigenvalue weighted by Gasteiger charge is 2.27. The highest BCUT2D eigenvalue weighted by atomic mass is 16.5. The van der Waals surface area contributed by atoms with Crippen molar-refractivity contribution in [2.75, 3.05) is 25.1 Å². The number of nitrogens with one attached hydrogen (secondary N) is 1. The zero-order valence-electron chi connectivity index (χ0n) is 12.6. The van der Waals surface area contributed by atoms with Crippen molar-refractivity contribution in [2.24, 2.45) is 0 Å². The molecular formula is C17H25NO3. The van der Waals surface area contributed by atoms with E-state index in [1.54, 1.807) is 0 Å². The zero-order valence-corrected chi connectivity index (χ0v) is 12.6. The maximum Gasteiger partial charge on any atom is 0.163 e. The van der Waals surface area contributed by atoms with E-state index in [1.807, 2.05) is 18.2 Å². The van der Waals surface area contributed by atoms with Crippen molar-refractivity contribution in [3.8, 4) is 11.5 Å². The van der Waals surface area contributed by atoms with E-state index >= 15 is 0 Å². The van der Waals surface area contributed by atoms with E-state index in [9.17, 15) is 5.11 Å². The highest BCUT2D eigenvalue weighted by Crippen LogP contribution is 2.33. The Morgan fingerprint density at radius 2 is 1.67 bits per heavy atom. The van der Waals surface area contributed by atoms with Crippen LogP contribution in [0.2, 0.25) is 0 Å². The molecule has 4 nitrogen and oxygen atoms in total. The minimum absolute atomic E-state index is 0.569. The summed E-state index contributed by atoms with van der Waals surface area (Å²) >= 11 is 0. The number of rotatable bonds is 3. The molecule has 1 heterocycles. The second-order valence-corrected chi connectivity index (χ2v) is 6.20. The maximum atomic E-state index is 10.7. The molecule has 0 radical (unpaired) electrons. The Labute approximate surface area is 126 Å².